The van der Waals surface area contributed by atoms with Crippen molar-refractivity contribution in [1.29, 1.82) is 5.26 Å². The van der Waals surface area contributed by atoms with Gasteiger partial charge in [0.05, 0.1) is 55.7 Å². The van der Waals surface area contributed by atoms with Crippen molar-refractivity contribution in [3.8, 4) is 23.3 Å². The van der Waals surface area contributed by atoms with Crippen molar-refractivity contribution in [3.05, 3.63) is 106 Å². The molecule has 0 saturated carbocycles. The van der Waals surface area contributed by atoms with Crippen LogP contribution in [0, 0.1) is 23.0 Å². The monoisotopic (exact) mass is 615 g/mol. The number of anilines is 1. The van der Waals surface area contributed by atoms with Crippen molar-refractivity contribution in [3.63, 3.8) is 0 Å². The fraction of sp³-hybridized carbons (Fsp3) is 0.167. The summed E-state index contributed by atoms with van der Waals surface area (Å²) in [7, 11) is 3.29. The van der Waals surface area contributed by atoms with Crippen molar-refractivity contribution < 1.29 is 50.5 Å². The molecule has 9 nitrogen and oxygen atoms in total. The zero-order valence-corrected chi connectivity index (χ0v) is 23.2. The van der Waals surface area contributed by atoms with E-state index in [-0.39, 0.29) is 40.5 Å². The quantitative estimate of drug-likeness (QED) is 0.264. The highest BCUT2D eigenvalue weighted by Gasteiger charge is 2.43. The summed E-state index contributed by atoms with van der Waals surface area (Å²) in [5, 5.41) is 10.2. The molecule has 0 bridgehead atoms. The van der Waals surface area contributed by atoms with Gasteiger partial charge in [0.2, 0.25) is 0 Å². The first-order valence-electron chi connectivity index (χ1n) is 12.5. The van der Waals surface area contributed by atoms with Crippen LogP contribution in [-0.4, -0.2) is 33.3 Å². The van der Waals surface area contributed by atoms with Gasteiger partial charge in [-0.2, -0.15) is 18.4 Å². The smallest absolute Gasteiger partial charge is 0.416 e. The number of alkyl halides is 3. The maximum atomic E-state index is 14.7. The lowest BCUT2D eigenvalue weighted by Crippen LogP contribution is -2.40. The highest BCUT2D eigenvalue weighted by atomic mass is 19.4. The predicted molar refractivity (Wildman–Crippen MR) is 144 cm³/mol. The molecule has 1 heterocycles. The Morgan fingerprint density at radius 1 is 0.909 bits per heavy atom. The third-order valence-corrected chi connectivity index (χ3v) is 6.55. The van der Waals surface area contributed by atoms with Crippen LogP contribution in [0.15, 0.2) is 83.3 Å². The maximum Gasteiger partial charge on any atom is 0.416 e. The first-order chi connectivity index (χ1) is 20.9. The van der Waals surface area contributed by atoms with Gasteiger partial charge in [-0.15, -0.1) is 0 Å². The molecule has 1 atom stereocenters. The molecule has 0 radical (unpaired) electrons. The molecule has 0 aliphatic carbocycles. The minimum Gasteiger partial charge on any atom is -0.493 e. The molecule has 1 aliphatic rings. The molecule has 0 amide bonds. The number of carbonyl (C=O) groups excluding carboxylic acids is 2. The van der Waals surface area contributed by atoms with E-state index in [0.29, 0.717) is 5.56 Å². The number of allylic oxidation sites excluding steroid dienone is 1. The number of nitrogens with two attached hydrogens (primary N) is 1. The molecule has 14 heteroatoms. The van der Waals surface area contributed by atoms with Crippen LogP contribution in [-0.2, 0) is 25.2 Å². The predicted octanol–water partition coefficient (Wildman–Crippen LogP) is 5.68. The number of hydrogen-bond acceptors (Lipinski definition) is 9. The zero-order chi connectivity index (χ0) is 32.3. The summed E-state index contributed by atoms with van der Waals surface area (Å²) in [5.41, 5.74) is 4.27. The fourth-order valence-electron chi connectivity index (χ4n) is 4.60. The van der Waals surface area contributed by atoms with Gasteiger partial charge in [0.1, 0.15) is 11.5 Å². The standard InChI is InChI=1S/C30H22F5N3O6/c1-41-21-10-9-17(13-22(21)44-26-19(31)11-16(12-20(26)32)30(33,34)35)38-25(29(40)43-3)24(28(39)42-2)23(18(14-36)27(38)37)15-7-5-4-6-8-15/h4-13,23H,37H2,1-3H3. The van der Waals surface area contributed by atoms with Gasteiger partial charge in [-0.25, -0.2) is 18.4 Å². The zero-order valence-electron chi connectivity index (χ0n) is 23.2. The summed E-state index contributed by atoms with van der Waals surface area (Å²) in [4.78, 5) is 27.5. The Labute approximate surface area is 247 Å². The molecule has 0 fully saturated rings. The highest BCUT2D eigenvalue weighted by molar-refractivity contribution is 6.06. The number of nitriles is 1. The number of methoxy groups -OCH3 is 3. The van der Waals surface area contributed by atoms with Crippen LogP contribution in [0.25, 0.3) is 0 Å². The van der Waals surface area contributed by atoms with Gasteiger partial charge in [0.15, 0.2) is 28.9 Å². The molecule has 0 aromatic heterocycles. The SMILES string of the molecule is COC(=O)C1=C(C(=O)OC)N(c2ccc(OC)c(Oc3c(F)cc(C(F)(F)F)cc3F)c2)C(N)=C(C#N)C1c1ccccc1. The first-order valence-corrected chi connectivity index (χ1v) is 12.5. The summed E-state index contributed by atoms with van der Waals surface area (Å²) >= 11 is 0. The van der Waals surface area contributed by atoms with Crippen LogP contribution >= 0.6 is 0 Å². The van der Waals surface area contributed by atoms with E-state index in [1.807, 2.05) is 6.07 Å². The first kappa shape index (κ1) is 31.4. The molecule has 2 N–H and O–H groups in total. The minimum atomic E-state index is -5.03. The Hall–Kier alpha value is -5.58. The average Bonchev–Trinajstić information content (AvgIpc) is 3.01. The molecule has 4 rings (SSSR count). The van der Waals surface area contributed by atoms with E-state index in [1.54, 1.807) is 30.3 Å². The molecule has 1 unspecified atom stereocenters. The molecule has 3 aromatic rings. The van der Waals surface area contributed by atoms with Gasteiger partial charge < -0.3 is 24.7 Å². The number of hydrogen-bond donors (Lipinski definition) is 1. The second-order valence-corrected chi connectivity index (χ2v) is 9.04. The molecule has 228 valence electrons. The summed E-state index contributed by atoms with van der Waals surface area (Å²) in [6.07, 6.45) is -5.03. The lowest BCUT2D eigenvalue weighted by Gasteiger charge is -2.36. The number of carbonyl (C=O) groups is 2. The molecule has 0 saturated heterocycles. The van der Waals surface area contributed by atoms with E-state index in [4.69, 9.17) is 24.7 Å². The van der Waals surface area contributed by atoms with Crippen molar-refractivity contribution in [2.75, 3.05) is 26.2 Å². The molecule has 44 heavy (non-hydrogen) atoms. The van der Waals surface area contributed by atoms with E-state index >= 15 is 0 Å². The second kappa shape index (κ2) is 12.3. The molecular formula is C30H22F5N3O6. The summed E-state index contributed by atoms with van der Waals surface area (Å²) in [6, 6.07) is 13.9. The fourth-order valence-corrected chi connectivity index (χ4v) is 4.60. The Bertz CT molecular complexity index is 1710. The van der Waals surface area contributed by atoms with Gasteiger partial charge >= 0.3 is 18.1 Å². The van der Waals surface area contributed by atoms with Crippen LogP contribution in [0.3, 0.4) is 0 Å². The van der Waals surface area contributed by atoms with Gasteiger partial charge in [0, 0.05) is 6.07 Å². The topological polar surface area (TPSA) is 124 Å². The Morgan fingerprint density at radius 3 is 2.05 bits per heavy atom. The maximum absolute atomic E-state index is 14.7. The number of ether oxygens (including phenoxy) is 4. The van der Waals surface area contributed by atoms with Crippen molar-refractivity contribution in [2.45, 2.75) is 12.1 Å². The van der Waals surface area contributed by atoms with Crippen molar-refractivity contribution in [1.82, 2.24) is 0 Å². The number of nitrogens with zero attached hydrogens (tertiary/aromatic N) is 2. The normalized spacial score (nSPS) is 15.1. The van der Waals surface area contributed by atoms with Gasteiger partial charge in [0.25, 0.3) is 0 Å². The van der Waals surface area contributed by atoms with Gasteiger partial charge in [-0.05, 0) is 29.8 Å². The van der Waals surface area contributed by atoms with Crippen LogP contribution in [0.2, 0.25) is 0 Å². The van der Waals surface area contributed by atoms with Crippen LogP contribution in [0.5, 0.6) is 17.2 Å². The van der Waals surface area contributed by atoms with E-state index < -0.39 is 58.4 Å². The molecular weight excluding hydrogens is 593 g/mol. The second-order valence-electron chi connectivity index (χ2n) is 9.04. The number of halogens is 5. The number of benzene rings is 3. The number of esters is 2. The van der Waals surface area contributed by atoms with Crippen molar-refractivity contribution >= 4 is 17.6 Å². The van der Waals surface area contributed by atoms with Crippen LogP contribution < -0.4 is 20.1 Å². The van der Waals surface area contributed by atoms with Crippen LogP contribution in [0.1, 0.15) is 17.0 Å². The van der Waals surface area contributed by atoms with E-state index in [9.17, 15) is 36.8 Å². The molecule has 0 spiro atoms. The molecule has 1 aliphatic heterocycles. The number of rotatable bonds is 7. The Balaban J connectivity index is 1.96. The largest absolute Gasteiger partial charge is 0.493 e. The third-order valence-electron chi connectivity index (χ3n) is 6.55. The molecule has 3 aromatic carbocycles. The summed E-state index contributed by atoms with van der Waals surface area (Å²) in [6.45, 7) is 0. The van der Waals surface area contributed by atoms with Crippen LogP contribution in [0.4, 0.5) is 27.6 Å². The van der Waals surface area contributed by atoms with Gasteiger partial charge in [-0.3, -0.25) is 4.90 Å². The van der Waals surface area contributed by atoms with E-state index in [0.717, 1.165) is 25.2 Å². The lowest BCUT2D eigenvalue weighted by atomic mass is 9.81. The Morgan fingerprint density at radius 2 is 1.52 bits per heavy atom. The summed E-state index contributed by atoms with van der Waals surface area (Å²) < 4.78 is 88.9. The van der Waals surface area contributed by atoms with Gasteiger partial charge in [-0.1, -0.05) is 30.3 Å². The highest BCUT2D eigenvalue weighted by Crippen LogP contribution is 2.45. The van der Waals surface area contributed by atoms with E-state index in [2.05, 4.69) is 0 Å². The summed E-state index contributed by atoms with van der Waals surface area (Å²) in [5.74, 6) is -8.62. The third kappa shape index (κ3) is 5.71. The van der Waals surface area contributed by atoms with E-state index in [1.165, 1.54) is 19.2 Å². The Kier molecular flexibility index (Phi) is 8.79. The minimum absolute atomic E-state index is 0.0593. The average molecular weight is 616 g/mol. The van der Waals surface area contributed by atoms with Crippen molar-refractivity contribution in [2.24, 2.45) is 5.73 Å². The lowest BCUT2D eigenvalue weighted by molar-refractivity contribution is -0.139.